The van der Waals surface area contributed by atoms with E-state index in [9.17, 15) is 14.0 Å². The first-order chi connectivity index (χ1) is 11.1. The molecule has 23 heavy (non-hydrogen) atoms. The molecular formula is C16H22FN3O3. The van der Waals surface area contributed by atoms with Crippen LogP contribution < -0.4 is 16.0 Å². The second kappa shape index (κ2) is 9.09. The van der Waals surface area contributed by atoms with Crippen LogP contribution in [-0.4, -0.2) is 44.3 Å². The van der Waals surface area contributed by atoms with Crippen LogP contribution in [0.25, 0.3) is 0 Å². The fraction of sp³-hybridized carbons (Fsp3) is 0.500. The number of halogens is 1. The van der Waals surface area contributed by atoms with Crippen molar-refractivity contribution in [2.75, 3.05) is 26.2 Å². The summed E-state index contributed by atoms with van der Waals surface area (Å²) in [4.78, 5) is 23.3. The van der Waals surface area contributed by atoms with Crippen molar-refractivity contribution < 1.29 is 18.7 Å². The number of ether oxygens (including phenoxy) is 1. The van der Waals surface area contributed by atoms with E-state index in [1.165, 1.54) is 24.3 Å². The maximum Gasteiger partial charge on any atom is 0.314 e. The monoisotopic (exact) mass is 323 g/mol. The number of benzene rings is 1. The Morgan fingerprint density at radius 2 is 1.87 bits per heavy atom. The van der Waals surface area contributed by atoms with Crippen LogP contribution in [0.3, 0.4) is 0 Å². The molecule has 1 fully saturated rings. The molecule has 1 heterocycles. The zero-order valence-electron chi connectivity index (χ0n) is 12.9. The zero-order chi connectivity index (χ0) is 16.5. The molecular weight excluding hydrogens is 301 g/mol. The van der Waals surface area contributed by atoms with Crippen LogP contribution in [0.15, 0.2) is 24.3 Å². The van der Waals surface area contributed by atoms with Gasteiger partial charge in [-0.05, 0) is 43.5 Å². The zero-order valence-corrected chi connectivity index (χ0v) is 12.9. The van der Waals surface area contributed by atoms with Gasteiger partial charge in [-0.1, -0.05) is 0 Å². The van der Waals surface area contributed by atoms with E-state index >= 15 is 0 Å². The van der Waals surface area contributed by atoms with Gasteiger partial charge in [0.05, 0.1) is 6.10 Å². The molecule has 0 spiro atoms. The van der Waals surface area contributed by atoms with E-state index in [1.54, 1.807) is 0 Å². The molecule has 0 saturated carbocycles. The summed E-state index contributed by atoms with van der Waals surface area (Å²) in [6.07, 6.45) is 2.76. The van der Waals surface area contributed by atoms with Gasteiger partial charge in [0, 0.05) is 31.8 Å². The van der Waals surface area contributed by atoms with E-state index in [4.69, 9.17) is 4.74 Å². The number of carbonyl (C=O) groups excluding carboxylic acids is 2. The number of hydrogen-bond acceptors (Lipinski definition) is 3. The molecule has 1 aromatic rings. The summed E-state index contributed by atoms with van der Waals surface area (Å²) in [5, 5.41) is 8.19. The largest absolute Gasteiger partial charge is 0.376 e. The second-order valence-electron chi connectivity index (χ2n) is 5.39. The number of hydrogen-bond donors (Lipinski definition) is 3. The Morgan fingerprint density at radius 1 is 1.13 bits per heavy atom. The second-order valence-corrected chi connectivity index (χ2v) is 5.39. The molecule has 7 heteroatoms. The Balaban J connectivity index is 1.52. The van der Waals surface area contributed by atoms with Crippen molar-refractivity contribution in [1.82, 2.24) is 16.0 Å². The first kappa shape index (κ1) is 17.2. The van der Waals surface area contributed by atoms with Crippen LogP contribution in [0, 0.1) is 5.82 Å². The molecule has 1 aliphatic rings. The summed E-state index contributed by atoms with van der Waals surface area (Å²) in [6, 6.07) is 5.12. The van der Waals surface area contributed by atoms with Crippen molar-refractivity contribution in [1.29, 1.82) is 0 Å². The summed E-state index contributed by atoms with van der Waals surface area (Å²) in [5.74, 6) is -0.632. The van der Waals surface area contributed by atoms with Gasteiger partial charge in [-0.15, -0.1) is 0 Å². The van der Waals surface area contributed by atoms with Gasteiger partial charge >= 0.3 is 6.03 Å². The van der Waals surface area contributed by atoms with Crippen molar-refractivity contribution in [3.8, 4) is 0 Å². The average Bonchev–Trinajstić information content (AvgIpc) is 3.06. The van der Waals surface area contributed by atoms with Crippen molar-refractivity contribution >= 4 is 11.9 Å². The first-order valence-electron chi connectivity index (χ1n) is 7.82. The maximum atomic E-state index is 12.8. The Kier molecular flexibility index (Phi) is 6.80. The molecule has 1 aromatic carbocycles. The quantitative estimate of drug-likeness (QED) is 0.664. The van der Waals surface area contributed by atoms with Crippen LogP contribution in [0.2, 0.25) is 0 Å². The molecule has 0 aromatic heterocycles. The highest BCUT2D eigenvalue weighted by atomic mass is 19.1. The maximum absolute atomic E-state index is 12.8. The highest BCUT2D eigenvalue weighted by Crippen LogP contribution is 2.10. The Hall–Kier alpha value is -2.15. The van der Waals surface area contributed by atoms with Gasteiger partial charge in [0.2, 0.25) is 0 Å². The molecule has 0 radical (unpaired) electrons. The van der Waals surface area contributed by atoms with Gasteiger partial charge in [0.15, 0.2) is 0 Å². The van der Waals surface area contributed by atoms with Gasteiger partial charge in [-0.3, -0.25) is 4.79 Å². The third-order valence-corrected chi connectivity index (χ3v) is 3.55. The third kappa shape index (κ3) is 6.23. The molecule has 1 atom stereocenters. The first-order valence-corrected chi connectivity index (χ1v) is 7.82. The van der Waals surface area contributed by atoms with E-state index < -0.39 is 0 Å². The lowest BCUT2D eigenvalue weighted by atomic mass is 10.2. The SMILES string of the molecule is O=C(NCCCNC(=O)c1ccc(F)cc1)NCC1CCCO1. The van der Waals surface area contributed by atoms with Crippen molar-refractivity contribution in [3.05, 3.63) is 35.6 Å². The summed E-state index contributed by atoms with van der Waals surface area (Å²) in [5.41, 5.74) is 0.411. The van der Waals surface area contributed by atoms with Crippen molar-refractivity contribution in [2.45, 2.75) is 25.4 Å². The smallest absolute Gasteiger partial charge is 0.314 e. The highest BCUT2D eigenvalue weighted by molar-refractivity contribution is 5.94. The van der Waals surface area contributed by atoms with E-state index in [0.29, 0.717) is 31.6 Å². The van der Waals surface area contributed by atoms with Gasteiger partial charge in [-0.2, -0.15) is 0 Å². The molecule has 0 bridgehead atoms. The van der Waals surface area contributed by atoms with Crippen molar-refractivity contribution in [3.63, 3.8) is 0 Å². The summed E-state index contributed by atoms with van der Waals surface area (Å²) in [7, 11) is 0. The predicted octanol–water partition coefficient (Wildman–Crippen LogP) is 1.42. The van der Waals surface area contributed by atoms with E-state index in [-0.39, 0.29) is 23.9 Å². The van der Waals surface area contributed by atoms with E-state index in [0.717, 1.165) is 19.4 Å². The lowest BCUT2D eigenvalue weighted by molar-refractivity contribution is 0.0953. The highest BCUT2D eigenvalue weighted by Gasteiger charge is 2.15. The average molecular weight is 323 g/mol. The minimum absolute atomic E-state index is 0.121. The van der Waals surface area contributed by atoms with Crippen LogP contribution >= 0.6 is 0 Å². The van der Waals surface area contributed by atoms with Crippen LogP contribution in [0.1, 0.15) is 29.6 Å². The minimum atomic E-state index is -0.375. The number of urea groups is 1. The third-order valence-electron chi connectivity index (χ3n) is 3.55. The molecule has 3 N–H and O–H groups in total. The van der Waals surface area contributed by atoms with Gasteiger partial charge < -0.3 is 20.7 Å². The molecule has 1 aliphatic heterocycles. The molecule has 1 saturated heterocycles. The number of rotatable bonds is 7. The fourth-order valence-electron chi connectivity index (χ4n) is 2.27. The molecule has 6 nitrogen and oxygen atoms in total. The van der Waals surface area contributed by atoms with E-state index in [2.05, 4.69) is 16.0 Å². The van der Waals surface area contributed by atoms with Gasteiger partial charge in [0.1, 0.15) is 5.82 Å². The van der Waals surface area contributed by atoms with Crippen LogP contribution in [-0.2, 0) is 4.74 Å². The Labute approximate surface area is 134 Å². The van der Waals surface area contributed by atoms with E-state index in [1.807, 2.05) is 0 Å². The normalized spacial score (nSPS) is 16.8. The topological polar surface area (TPSA) is 79.5 Å². The lowest BCUT2D eigenvalue weighted by Crippen LogP contribution is -2.40. The number of nitrogens with one attached hydrogen (secondary N) is 3. The molecule has 0 aliphatic carbocycles. The van der Waals surface area contributed by atoms with Crippen molar-refractivity contribution in [2.24, 2.45) is 0 Å². The minimum Gasteiger partial charge on any atom is -0.376 e. The Morgan fingerprint density at radius 3 is 2.57 bits per heavy atom. The Bertz CT molecular complexity index is 516. The predicted molar refractivity (Wildman–Crippen MR) is 83.7 cm³/mol. The standard InChI is InChI=1S/C16H22FN3O3/c17-13-6-4-12(5-7-13)15(21)18-8-2-9-19-16(22)20-11-14-3-1-10-23-14/h4-7,14H,1-3,8-11H2,(H,18,21)(H2,19,20,22). The number of carbonyl (C=O) groups is 2. The van der Waals surface area contributed by atoms with Crippen LogP contribution in [0.4, 0.5) is 9.18 Å². The molecule has 126 valence electrons. The summed E-state index contributed by atoms with van der Waals surface area (Å²) >= 11 is 0. The van der Waals surface area contributed by atoms with Gasteiger partial charge in [0.25, 0.3) is 5.91 Å². The lowest BCUT2D eigenvalue weighted by Gasteiger charge is -2.11. The number of amides is 3. The summed E-state index contributed by atoms with van der Waals surface area (Å²) < 4.78 is 18.2. The van der Waals surface area contributed by atoms with Gasteiger partial charge in [-0.25, -0.2) is 9.18 Å². The molecule has 1 unspecified atom stereocenters. The fourth-order valence-corrected chi connectivity index (χ4v) is 2.27. The molecule has 2 rings (SSSR count). The summed E-state index contributed by atoms with van der Waals surface area (Å²) in [6.45, 7) is 2.18. The molecule has 3 amide bonds. The van der Waals surface area contributed by atoms with Crippen LogP contribution in [0.5, 0.6) is 0 Å².